The molecule has 0 saturated carbocycles. The lowest BCUT2D eigenvalue weighted by atomic mass is 10.2. The Bertz CT molecular complexity index is 653. The van der Waals surface area contributed by atoms with Crippen LogP contribution in [0.2, 0.25) is 0 Å². The van der Waals surface area contributed by atoms with Crippen molar-refractivity contribution in [2.45, 2.75) is 32.8 Å². The van der Waals surface area contributed by atoms with Gasteiger partial charge in [0.1, 0.15) is 5.01 Å². The molecule has 0 bridgehead atoms. The van der Waals surface area contributed by atoms with Crippen LogP contribution < -0.4 is 5.32 Å². The minimum Gasteiger partial charge on any atom is -0.463 e. The molecule has 0 radical (unpaired) electrons. The van der Waals surface area contributed by atoms with E-state index in [2.05, 4.69) is 10.3 Å². The average Bonchev–Trinajstić information content (AvgIpc) is 2.95. The summed E-state index contributed by atoms with van der Waals surface area (Å²) in [5.41, 5.74) is 1.77. The normalized spacial score (nSPS) is 10.6. The molecule has 0 fully saturated rings. The van der Waals surface area contributed by atoms with Crippen LogP contribution in [0.25, 0.3) is 10.6 Å². The zero-order valence-corrected chi connectivity index (χ0v) is 14.1. The van der Waals surface area contributed by atoms with Crippen molar-refractivity contribution in [1.82, 2.24) is 10.3 Å². The third-order valence-electron chi connectivity index (χ3n) is 2.93. The molecule has 1 heterocycles. The van der Waals surface area contributed by atoms with Crippen molar-refractivity contribution in [3.8, 4) is 10.6 Å². The predicted molar refractivity (Wildman–Crippen MR) is 90.1 cm³/mol. The van der Waals surface area contributed by atoms with E-state index >= 15 is 0 Å². The number of esters is 1. The van der Waals surface area contributed by atoms with Crippen molar-refractivity contribution in [2.24, 2.45) is 0 Å². The number of hydrogen-bond acceptors (Lipinski definition) is 5. The number of hydrogen-bond donors (Lipinski definition) is 1. The Morgan fingerprint density at radius 3 is 2.70 bits per heavy atom. The molecule has 0 aliphatic carbocycles. The summed E-state index contributed by atoms with van der Waals surface area (Å²) in [6.07, 6.45) is 0.253. The van der Waals surface area contributed by atoms with Crippen LogP contribution in [0.15, 0.2) is 35.7 Å². The van der Waals surface area contributed by atoms with Gasteiger partial charge in [-0.25, -0.2) is 4.98 Å². The fraction of sp³-hybridized carbons (Fsp3) is 0.353. The molecule has 0 spiro atoms. The van der Waals surface area contributed by atoms with E-state index in [1.54, 1.807) is 13.8 Å². The summed E-state index contributed by atoms with van der Waals surface area (Å²) >= 11 is 1.51. The summed E-state index contributed by atoms with van der Waals surface area (Å²) in [5.74, 6) is -0.451. The standard InChI is InChI=1S/C17H20N2O3S/c1-12(2)22-16(21)8-9-18-15(20)10-14-11-23-17(19-14)13-6-4-3-5-7-13/h3-7,11-12H,8-10H2,1-2H3,(H,18,20). The molecule has 1 aromatic carbocycles. The van der Waals surface area contributed by atoms with E-state index in [1.807, 2.05) is 35.7 Å². The number of rotatable bonds is 7. The summed E-state index contributed by atoms with van der Waals surface area (Å²) in [6, 6.07) is 9.85. The van der Waals surface area contributed by atoms with E-state index in [4.69, 9.17) is 4.74 Å². The largest absolute Gasteiger partial charge is 0.463 e. The molecular formula is C17H20N2O3S. The van der Waals surface area contributed by atoms with Gasteiger partial charge in [-0.05, 0) is 13.8 Å². The Labute approximate surface area is 139 Å². The van der Waals surface area contributed by atoms with Gasteiger partial charge in [0.25, 0.3) is 0 Å². The van der Waals surface area contributed by atoms with Crippen molar-refractivity contribution < 1.29 is 14.3 Å². The van der Waals surface area contributed by atoms with Gasteiger partial charge in [0.05, 0.1) is 24.6 Å². The maximum Gasteiger partial charge on any atom is 0.307 e. The molecule has 2 aromatic rings. The van der Waals surface area contributed by atoms with Crippen LogP contribution in [0.1, 0.15) is 26.0 Å². The number of amides is 1. The van der Waals surface area contributed by atoms with E-state index < -0.39 is 0 Å². The lowest BCUT2D eigenvalue weighted by molar-refractivity contribution is -0.147. The first kappa shape index (κ1) is 17.1. The third-order valence-corrected chi connectivity index (χ3v) is 3.87. The first-order valence-electron chi connectivity index (χ1n) is 7.50. The lowest BCUT2D eigenvalue weighted by Crippen LogP contribution is -2.28. The molecule has 0 unspecified atom stereocenters. The number of ether oxygens (including phenoxy) is 1. The quantitative estimate of drug-likeness (QED) is 0.792. The topological polar surface area (TPSA) is 68.3 Å². The maximum atomic E-state index is 11.9. The van der Waals surface area contributed by atoms with Crippen LogP contribution in [0.3, 0.4) is 0 Å². The zero-order valence-electron chi connectivity index (χ0n) is 13.2. The lowest BCUT2D eigenvalue weighted by Gasteiger charge is -2.08. The van der Waals surface area contributed by atoms with Crippen LogP contribution in [0.5, 0.6) is 0 Å². The Hall–Kier alpha value is -2.21. The zero-order chi connectivity index (χ0) is 16.7. The Balaban J connectivity index is 1.78. The van der Waals surface area contributed by atoms with Gasteiger partial charge < -0.3 is 10.1 Å². The highest BCUT2D eigenvalue weighted by Crippen LogP contribution is 2.23. The van der Waals surface area contributed by atoms with Gasteiger partial charge in [-0.1, -0.05) is 30.3 Å². The van der Waals surface area contributed by atoms with Gasteiger partial charge in [0.2, 0.25) is 5.91 Å². The number of thiazole rings is 1. The van der Waals surface area contributed by atoms with E-state index in [0.717, 1.165) is 16.3 Å². The highest BCUT2D eigenvalue weighted by molar-refractivity contribution is 7.13. The number of nitrogens with one attached hydrogen (secondary N) is 1. The number of carbonyl (C=O) groups is 2. The Morgan fingerprint density at radius 1 is 1.26 bits per heavy atom. The van der Waals surface area contributed by atoms with Crippen LogP contribution in [-0.4, -0.2) is 29.5 Å². The molecule has 122 valence electrons. The SMILES string of the molecule is CC(C)OC(=O)CCNC(=O)Cc1csc(-c2ccccc2)n1. The van der Waals surface area contributed by atoms with E-state index in [0.29, 0.717) is 0 Å². The van der Waals surface area contributed by atoms with Gasteiger partial charge in [0, 0.05) is 17.5 Å². The summed E-state index contributed by atoms with van der Waals surface area (Å²) in [7, 11) is 0. The van der Waals surface area contributed by atoms with Crippen molar-refractivity contribution in [2.75, 3.05) is 6.54 Å². The fourth-order valence-corrected chi connectivity index (χ4v) is 2.78. The monoisotopic (exact) mass is 332 g/mol. The van der Waals surface area contributed by atoms with E-state index in [1.165, 1.54) is 11.3 Å². The van der Waals surface area contributed by atoms with Crippen molar-refractivity contribution in [3.63, 3.8) is 0 Å². The molecule has 0 atom stereocenters. The smallest absolute Gasteiger partial charge is 0.307 e. The molecule has 2 rings (SSSR count). The summed E-state index contributed by atoms with van der Waals surface area (Å²) in [4.78, 5) is 27.7. The molecule has 23 heavy (non-hydrogen) atoms. The number of nitrogens with zero attached hydrogens (tertiary/aromatic N) is 1. The molecule has 0 aliphatic heterocycles. The first-order valence-corrected chi connectivity index (χ1v) is 8.38. The molecule has 1 N–H and O–H groups in total. The summed E-state index contributed by atoms with van der Waals surface area (Å²) in [5, 5.41) is 5.49. The van der Waals surface area contributed by atoms with E-state index in [9.17, 15) is 9.59 Å². The van der Waals surface area contributed by atoms with Crippen molar-refractivity contribution in [3.05, 3.63) is 41.4 Å². The van der Waals surface area contributed by atoms with Crippen LogP contribution >= 0.6 is 11.3 Å². The molecule has 1 aromatic heterocycles. The molecule has 1 amide bonds. The minimum absolute atomic E-state index is 0.135. The van der Waals surface area contributed by atoms with Crippen molar-refractivity contribution >= 4 is 23.2 Å². The van der Waals surface area contributed by atoms with Gasteiger partial charge in [-0.2, -0.15) is 0 Å². The molecule has 0 aliphatic rings. The molecule has 5 nitrogen and oxygen atoms in total. The number of aromatic nitrogens is 1. The second-order valence-electron chi connectivity index (χ2n) is 5.33. The first-order chi connectivity index (χ1) is 11.0. The molecule has 0 saturated heterocycles. The fourth-order valence-electron chi connectivity index (χ4n) is 1.95. The van der Waals surface area contributed by atoms with Crippen molar-refractivity contribution in [1.29, 1.82) is 0 Å². The van der Waals surface area contributed by atoms with Crippen LogP contribution in [0.4, 0.5) is 0 Å². The number of carbonyl (C=O) groups excluding carboxylic acids is 2. The van der Waals surface area contributed by atoms with Gasteiger partial charge in [0.15, 0.2) is 0 Å². The predicted octanol–water partition coefficient (Wildman–Crippen LogP) is 2.81. The second-order valence-corrected chi connectivity index (χ2v) is 6.18. The molecule has 6 heteroatoms. The van der Waals surface area contributed by atoms with Crippen LogP contribution in [0, 0.1) is 0 Å². The van der Waals surface area contributed by atoms with Gasteiger partial charge in [-0.15, -0.1) is 11.3 Å². The maximum absolute atomic E-state index is 11.9. The summed E-state index contributed by atoms with van der Waals surface area (Å²) in [6.45, 7) is 3.87. The average molecular weight is 332 g/mol. The Morgan fingerprint density at radius 2 is 2.00 bits per heavy atom. The third kappa shape index (κ3) is 5.83. The minimum atomic E-state index is -0.305. The summed E-state index contributed by atoms with van der Waals surface area (Å²) < 4.78 is 5.00. The number of benzene rings is 1. The van der Waals surface area contributed by atoms with E-state index in [-0.39, 0.29) is 37.4 Å². The second kappa shape index (κ2) is 8.43. The van der Waals surface area contributed by atoms with Gasteiger partial charge >= 0.3 is 5.97 Å². The van der Waals surface area contributed by atoms with Gasteiger partial charge in [-0.3, -0.25) is 9.59 Å². The Kier molecular flexibility index (Phi) is 6.29. The highest BCUT2D eigenvalue weighted by Gasteiger charge is 2.10. The molecular weight excluding hydrogens is 312 g/mol. The van der Waals surface area contributed by atoms with Crippen LogP contribution in [-0.2, 0) is 20.7 Å². The highest BCUT2D eigenvalue weighted by atomic mass is 32.1.